The summed E-state index contributed by atoms with van der Waals surface area (Å²) in [5, 5.41) is 3.21. The van der Waals surface area contributed by atoms with Crippen LogP contribution in [0.4, 0.5) is 10.1 Å². The highest BCUT2D eigenvalue weighted by Crippen LogP contribution is 2.34. The van der Waals surface area contributed by atoms with Crippen molar-refractivity contribution < 1.29 is 12.8 Å². The topological polar surface area (TPSA) is 59.1 Å². The van der Waals surface area contributed by atoms with Gasteiger partial charge in [0.1, 0.15) is 10.4 Å². The first-order valence-corrected chi connectivity index (χ1v) is 8.80. The van der Waals surface area contributed by atoms with Crippen LogP contribution in [0.3, 0.4) is 0 Å². The highest BCUT2D eigenvalue weighted by molar-refractivity contribution is 9.10. The summed E-state index contributed by atoms with van der Waals surface area (Å²) >= 11 is 3.25. The second-order valence-electron chi connectivity index (χ2n) is 4.86. The summed E-state index contributed by atoms with van der Waals surface area (Å²) in [5.41, 5.74) is 1.24. The summed E-state index contributed by atoms with van der Waals surface area (Å²) in [5.74, 6) is -0.389. The van der Waals surface area contributed by atoms with E-state index < -0.39 is 15.7 Å². The minimum atomic E-state index is -3.32. The van der Waals surface area contributed by atoms with Gasteiger partial charge < -0.3 is 5.32 Å². The van der Waals surface area contributed by atoms with Crippen LogP contribution in [0.1, 0.15) is 18.0 Å². The number of pyridine rings is 1. The van der Waals surface area contributed by atoms with Crippen molar-refractivity contribution in [1.29, 1.82) is 0 Å². The standard InChI is InChI=1S/C14H12BrFN2O2S/c15-14-4-2-10(8-17-14)18-12-5-6-21(19,20)13-3-1-9(16)7-11(12)13/h1-4,7-8,12,18H,5-6H2. The van der Waals surface area contributed by atoms with E-state index in [0.29, 0.717) is 16.6 Å². The second kappa shape index (κ2) is 5.38. The lowest BCUT2D eigenvalue weighted by molar-refractivity contribution is 0.570. The molecule has 1 atom stereocenters. The minimum absolute atomic E-state index is 0.0489. The van der Waals surface area contributed by atoms with Gasteiger partial charge in [-0.05, 0) is 58.2 Å². The van der Waals surface area contributed by atoms with E-state index in [1.807, 2.05) is 6.07 Å². The minimum Gasteiger partial charge on any atom is -0.377 e. The van der Waals surface area contributed by atoms with Gasteiger partial charge in [0.15, 0.2) is 9.84 Å². The summed E-state index contributed by atoms with van der Waals surface area (Å²) in [6.07, 6.45) is 2.04. The summed E-state index contributed by atoms with van der Waals surface area (Å²) in [6.45, 7) is 0. The molecule has 1 aromatic carbocycles. The van der Waals surface area contributed by atoms with Gasteiger partial charge in [0.2, 0.25) is 0 Å². The van der Waals surface area contributed by atoms with Crippen LogP contribution in [0.15, 0.2) is 46.0 Å². The van der Waals surface area contributed by atoms with Crippen molar-refractivity contribution >= 4 is 31.5 Å². The van der Waals surface area contributed by atoms with E-state index in [9.17, 15) is 12.8 Å². The van der Waals surface area contributed by atoms with Gasteiger partial charge in [-0.1, -0.05) is 0 Å². The molecule has 0 amide bonds. The van der Waals surface area contributed by atoms with Crippen LogP contribution >= 0.6 is 15.9 Å². The third-order valence-corrected chi connectivity index (χ3v) is 5.71. The number of rotatable bonds is 2. The van der Waals surface area contributed by atoms with Crippen LogP contribution in [0, 0.1) is 5.82 Å². The third-order valence-electron chi connectivity index (χ3n) is 3.43. The molecule has 2 aromatic rings. The molecule has 2 heterocycles. The van der Waals surface area contributed by atoms with E-state index in [4.69, 9.17) is 0 Å². The molecule has 1 N–H and O–H groups in total. The number of aromatic nitrogens is 1. The molecule has 0 spiro atoms. The van der Waals surface area contributed by atoms with Gasteiger partial charge in [-0.3, -0.25) is 0 Å². The normalized spacial score (nSPS) is 19.8. The molecule has 21 heavy (non-hydrogen) atoms. The number of halogens is 2. The molecule has 1 unspecified atom stereocenters. The molecule has 0 aliphatic carbocycles. The van der Waals surface area contributed by atoms with E-state index in [0.717, 1.165) is 5.69 Å². The molecule has 7 heteroatoms. The van der Waals surface area contributed by atoms with E-state index in [1.54, 1.807) is 12.3 Å². The first-order chi connectivity index (χ1) is 9.95. The zero-order valence-electron chi connectivity index (χ0n) is 10.9. The van der Waals surface area contributed by atoms with Crippen molar-refractivity contribution in [2.24, 2.45) is 0 Å². The number of sulfone groups is 1. The lowest BCUT2D eigenvalue weighted by atomic mass is 10.0. The molecule has 1 aliphatic heterocycles. The van der Waals surface area contributed by atoms with Crippen molar-refractivity contribution in [1.82, 2.24) is 4.98 Å². The Morgan fingerprint density at radius 1 is 1.29 bits per heavy atom. The molecule has 0 bridgehead atoms. The first kappa shape index (κ1) is 14.5. The van der Waals surface area contributed by atoms with Crippen molar-refractivity contribution in [2.75, 3.05) is 11.1 Å². The SMILES string of the molecule is O=S1(=O)CCC(Nc2ccc(Br)nc2)c2cc(F)ccc21. The Bertz CT molecular complexity index is 778. The van der Waals surface area contributed by atoms with E-state index in [1.165, 1.54) is 18.2 Å². The smallest absolute Gasteiger partial charge is 0.178 e. The number of anilines is 1. The Balaban J connectivity index is 1.98. The van der Waals surface area contributed by atoms with E-state index >= 15 is 0 Å². The van der Waals surface area contributed by atoms with Gasteiger partial charge in [-0.25, -0.2) is 17.8 Å². The summed E-state index contributed by atoms with van der Waals surface area (Å²) < 4.78 is 38.3. The van der Waals surface area contributed by atoms with Gasteiger partial charge in [0.25, 0.3) is 0 Å². The Hall–Kier alpha value is -1.47. The van der Waals surface area contributed by atoms with Crippen LogP contribution < -0.4 is 5.32 Å². The monoisotopic (exact) mass is 370 g/mol. The van der Waals surface area contributed by atoms with E-state index in [2.05, 4.69) is 26.2 Å². The lowest BCUT2D eigenvalue weighted by Gasteiger charge is -2.27. The number of hydrogen-bond donors (Lipinski definition) is 1. The molecule has 0 saturated heterocycles. The largest absolute Gasteiger partial charge is 0.377 e. The van der Waals surface area contributed by atoms with Crippen molar-refractivity contribution in [3.05, 3.63) is 52.5 Å². The van der Waals surface area contributed by atoms with Crippen LogP contribution in [-0.2, 0) is 9.84 Å². The number of nitrogens with zero attached hydrogens (tertiary/aromatic N) is 1. The number of hydrogen-bond acceptors (Lipinski definition) is 4. The maximum Gasteiger partial charge on any atom is 0.178 e. The van der Waals surface area contributed by atoms with Gasteiger partial charge in [0.05, 0.1) is 28.6 Å². The lowest BCUT2D eigenvalue weighted by Crippen LogP contribution is -2.24. The Morgan fingerprint density at radius 3 is 2.81 bits per heavy atom. The molecule has 0 radical (unpaired) electrons. The van der Waals surface area contributed by atoms with Gasteiger partial charge in [-0.15, -0.1) is 0 Å². The fourth-order valence-electron chi connectivity index (χ4n) is 2.43. The summed E-state index contributed by atoms with van der Waals surface area (Å²) in [7, 11) is -3.32. The third kappa shape index (κ3) is 2.94. The Kier molecular flexibility index (Phi) is 3.71. The highest BCUT2D eigenvalue weighted by Gasteiger charge is 2.30. The molecule has 1 aromatic heterocycles. The molecule has 1 aliphatic rings. The molecule has 0 saturated carbocycles. The average Bonchev–Trinajstić information content (AvgIpc) is 2.44. The maximum absolute atomic E-state index is 13.5. The molecular weight excluding hydrogens is 359 g/mol. The predicted molar refractivity (Wildman–Crippen MR) is 81.4 cm³/mol. The highest BCUT2D eigenvalue weighted by atomic mass is 79.9. The summed E-state index contributed by atoms with van der Waals surface area (Å²) in [4.78, 5) is 4.31. The van der Waals surface area contributed by atoms with Gasteiger partial charge in [-0.2, -0.15) is 0 Å². The van der Waals surface area contributed by atoms with Crippen molar-refractivity contribution in [3.8, 4) is 0 Å². The maximum atomic E-state index is 13.5. The zero-order chi connectivity index (χ0) is 15.0. The fraction of sp³-hybridized carbons (Fsp3) is 0.214. The molecule has 0 fully saturated rings. The quantitative estimate of drug-likeness (QED) is 0.650. The summed E-state index contributed by atoms with van der Waals surface area (Å²) in [6, 6.07) is 7.18. The van der Waals surface area contributed by atoms with Crippen molar-refractivity contribution in [3.63, 3.8) is 0 Å². The predicted octanol–water partition coefficient (Wildman–Crippen LogP) is 3.31. The number of nitrogens with one attached hydrogen (secondary N) is 1. The Morgan fingerprint density at radius 2 is 2.10 bits per heavy atom. The van der Waals surface area contributed by atoms with Crippen LogP contribution in [0.2, 0.25) is 0 Å². The Labute approximate surface area is 130 Å². The molecule has 110 valence electrons. The van der Waals surface area contributed by atoms with Crippen molar-refractivity contribution in [2.45, 2.75) is 17.4 Å². The van der Waals surface area contributed by atoms with Crippen LogP contribution in [-0.4, -0.2) is 19.2 Å². The zero-order valence-corrected chi connectivity index (χ0v) is 13.3. The average molecular weight is 371 g/mol. The number of fused-ring (bicyclic) bond motifs is 1. The van der Waals surface area contributed by atoms with Gasteiger partial charge in [0, 0.05) is 0 Å². The van der Waals surface area contributed by atoms with Crippen LogP contribution in [0.5, 0.6) is 0 Å². The van der Waals surface area contributed by atoms with Gasteiger partial charge >= 0.3 is 0 Å². The first-order valence-electron chi connectivity index (χ1n) is 6.36. The van der Waals surface area contributed by atoms with E-state index in [-0.39, 0.29) is 16.7 Å². The molecular formula is C14H12BrFN2O2S. The second-order valence-corrected chi connectivity index (χ2v) is 7.75. The number of benzene rings is 1. The molecule has 4 nitrogen and oxygen atoms in total. The van der Waals surface area contributed by atoms with Crippen LogP contribution in [0.25, 0.3) is 0 Å². The molecule has 3 rings (SSSR count). The fourth-order valence-corrected chi connectivity index (χ4v) is 4.26.